The van der Waals surface area contributed by atoms with Crippen molar-refractivity contribution in [3.8, 4) is 0 Å². The lowest BCUT2D eigenvalue weighted by atomic mass is 10.1. The first-order valence-corrected chi connectivity index (χ1v) is 10.3. The van der Waals surface area contributed by atoms with Gasteiger partial charge in [0.2, 0.25) is 0 Å². The molecule has 3 rings (SSSR count). The van der Waals surface area contributed by atoms with Crippen molar-refractivity contribution in [1.29, 1.82) is 0 Å². The smallest absolute Gasteiger partial charge is 0.355 e. The maximum Gasteiger partial charge on any atom is 0.355 e. The van der Waals surface area contributed by atoms with E-state index >= 15 is 0 Å². The van der Waals surface area contributed by atoms with Crippen LogP contribution < -0.4 is 0 Å². The zero-order chi connectivity index (χ0) is 22.5. The quantitative estimate of drug-likeness (QED) is 0.495. The van der Waals surface area contributed by atoms with E-state index in [0.29, 0.717) is 16.3 Å². The number of aromatic nitrogens is 1. The Kier molecular flexibility index (Phi) is 7.13. The molecule has 0 atom stereocenters. The molecule has 0 unspecified atom stereocenters. The van der Waals surface area contributed by atoms with Gasteiger partial charge in [-0.1, -0.05) is 29.8 Å². The maximum absolute atomic E-state index is 13.4. The van der Waals surface area contributed by atoms with Gasteiger partial charge in [0.25, 0.3) is 5.91 Å². The number of amides is 1. The minimum Gasteiger partial charge on any atom is -0.461 e. The van der Waals surface area contributed by atoms with Crippen LogP contribution in [0.15, 0.2) is 48.5 Å². The topological polar surface area (TPSA) is 62.4 Å². The van der Waals surface area contributed by atoms with Gasteiger partial charge in [0, 0.05) is 29.4 Å². The lowest BCUT2D eigenvalue weighted by Crippen LogP contribution is -2.30. The second kappa shape index (κ2) is 9.79. The summed E-state index contributed by atoms with van der Waals surface area (Å²) in [6.07, 6.45) is 0. The van der Waals surface area contributed by atoms with E-state index in [4.69, 9.17) is 16.3 Å². The van der Waals surface area contributed by atoms with Gasteiger partial charge in [0.05, 0.1) is 6.61 Å². The molecule has 0 aliphatic rings. The number of H-pyrrole nitrogens is 1. The average Bonchev–Trinajstić information content (AvgIpc) is 3.03. The first-order valence-electron chi connectivity index (χ1n) is 9.95. The van der Waals surface area contributed by atoms with Gasteiger partial charge in [0.1, 0.15) is 11.5 Å². The van der Waals surface area contributed by atoms with E-state index in [1.165, 1.54) is 24.3 Å². The summed E-state index contributed by atoms with van der Waals surface area (Å²) < 4.78 is 18.5. The van der Waals surface area contributed by atoms with Crippen molar-refractivity contribution >= 4 is 23.5 Å². The number of halogens is 2. The number of nitrogens with zero attached hydrogens (tertiary/aromatic N) is 1. The summed E-state index contributed by atoms with van der Waals surface area (Å²) in [6.45, 7) is 6.19. The van der Waals surface area contributed by atoms with Crippen molar-refractivity contribution in [1.82, 2.24) is 9.88 Å². The van der Waals surface area contributed by atoms with Crippen LogP contribution in [0.4, 0.5) is 4.39 Å². The van der Waals surface area contributed by atoms with E-state index in [1.54, 1.807) is 17.9 Å². The van der Waals surface area contributed by atoms with Crippen LogP contribution in [-0.2, 0) is 17.8 Å². The van der Waals surface area contributed by atoms with Crippen molar-refractivity contribution in [2.75, 3.05) is 6.61 Å². The van der Waals surface area contributed by atoms with Crippen LogP contribution in [0.2, 0.25) is 5.02 Å². The second-order valence-corrected chi connectivity index (χ2v) is 7.62. The minimum absolute atomic E-state index is 0.245. The first kappa shape index (κ1) is 22.6. The SMILES string of the molecule is CCOC(=O)c1[nH]c(C)c(CN(Cc2ccccc2Cl)C(=O)c2ccc(F)cc2)c1C. The fraction of sp³-hybridized carbons (Fsp3) is 0.250. The number of rotatable bonds is 7. The fourth-order valence-electron chi connectivity index (χ4n) is 3.43. The second-order valence-electron chi connectivity index (χ2n) is 7.21. The number of ether oxygens (including phenoxy) is 1. The molecule has 2 aromatic carbocycles. The third-order valence-corrected chi connectivity index (χ3v) is 5.49. The molecule has 1 heterocycles. The number of benzene rings is 2. The largest absolute Gasteiger partial charge is 0.461 e. The Hall–Kier alpha value is -3.12. The lowest BCUT2D eigenvalue weighted by molar-refractivity contribution is 0.0519. The monoisotopic (exact) mass is 442 g/mol. The van der Waals surface area contributed by atoms with E-state index in [0.717, 1.165) is 22.4 Å². The third kappa shape index (κ3) is 5.14. The predicted octanol–water partition coefficient (Wildman–Crippen LogP) is 5.44. The molecule has 0 saturated heterocycles. The molecule has 7 heteroatoms. The van der Waals surface area contributed by atoms with Gasteiger partial charge in [-0.3, -0.25) is 4.79 Å². The lowest BCUT2D eigenvalue weighted by Gasteiger charge is -2.24. The number of aryl methyl sites for hydroxylation is 1. The van der Waals surface area contributed by atoms with Gasteiger partial charge in [0.15, 0.2) is 0 Å². The van der Waals surface area contributed by atoms with E-state index in [9.17, 15) is 14.0 Å². The minimum atomic E-state index is -0.433. The fourth-order valence-corrected chi connectivity index (χ4v) is 3.63. The Morgan fingerprint density at radius 3 is 2.39 bits per heavy atom. The van der Waals surface area contributed by atoms with Crippen molar-refractivity contribution in [3.05, 3.63) is 93.0 Å². The Bertz CT molecular complexity index is 1090. The molecule has 31 heavy (non-hydrogen) atoms. The number of aromatic amines is 1. The molecule has 1 N–H and O–H groups in total. The van der Waals surface area contributed by atoms with Crippen molar-refractivity contribution < 1.29 is 18.7 Å². The summed E-state index contributed by atoms with van der Waals surface area (Å²) in [5.41, 5.74) is 3.86. The van der Waals surface area contributed by atoms with Crippen molar-refractivity contribution in [2.24, 2.45) is 0 Å². The molecule has 1 amide bonds. The van der Waals surface area contributed by atoms with Gasteiger partial charge in [-0.25, -0.2) is 9.18 Å². The molecule has 1 aromatic heterocycles. The van der Waals surface area contributed by atoms with Crippen LogP contribution in [0, 0.1) is 19.7 Å². The van der Waals surface area contributed by atoms with E-state index in [1.807, 2.05) is 32.0 Å². The molecule has 0 spiro atoms. The summed E-state index contributed by atoms with van der Waals surface area (Å²) in [5.74, 6) is -1.11. The number of carbonyl (C=O) groups excluding carboxylic acids is 2. The molecule has 0 aliphatic heterocycles. The molecule has 0 radical (unpaired) electrons. The van der Waals surface area contributed by atoms with Gasteiger partial charge in [-0.05, 0) is 67.8 Å². The number of nitrogens with one attached hydrogen (secondary N) is 1. The zero-order valence-corrected chi connectivity index (χ0v) is 18.4. The molecule has 162 valence electrons. The summed E-state index contributed by atoms with van der Waals surface area (Å²) in [4.78, 5) is 30.3. The highest BCUT2D eigenvalue weighted by atomic mass is 35.5. The number of hydrogen-bond acceptors (Lipinski definition) is 3. The first-order chi connectivity index (χ1) is 14.8. The summed E-state index contributed by atoms with van der Waals surface area (Å²) >= 11 is 6.33. The van der Waals surface area contributed by atoms with Crippen LogP contribution in [0.5, 0.6) is 0 Å². The Balaban J connectivity index is 1.97. The molecule has 0 aliphatic carbocycles. The van der Waals surface area contributed by atoms with Crippen molar-refractivity contribution in [2.45, 2.75) is 33.9 Å². The van der Waals surface area contributed by atoms with Crippen LogP contribution in [-0.4, -0.2) is 28.4 Å². The summed E-state index contributed by atoms with van der Waals surface area (Å²) in [7, 11) is 0. The Morgan fingerprint density at radius 1 is 1.06 bits per heavy atom. The number of hydrogen-bond donors (Lipinski definition) is 1. The Morgan fingerprint density at radius 2 is 1.74 bits per heavy atom. The summed E-state index contributed by atoms with van der Waals surface area (Å²) in [6, 6.07) is 12.7. The maximum atomic E-state index is 13.4. The number of esters is 1. The van der Waals surface area contributed by atoms with E-state index in [-0.39, 0.29) is 25.6 Å². The van der Waals surface area contributed by atoms with Gasteiger partial charge >= 0.3 is 5.97 Å². The van der Waals surface area contributed by atoms with Crippen LogP contribution in [0.3, 0.4) is 0 Å². The highest BCUT2D eigenvalue weighted by molar-refractivity contribution is 6.31. The molecule has 5 nitrogen and oxygen atoms in total. The molecule has 0 fully saturated rings. The van der Waals surface area contributed by atoms with Gasteiger partial charge in [-0.2, -0.15) is 0 Å². The zero-order valence-electron chi connectivity index (χ0n) is 17.7. The highest BCUT2D eigenvalue weighted by Crippen LogP contribution is 2.25. The third-order valence-electron chi connectivity index (χ3n) is 5.12. The highest BCUT2D eigenvalue weighted by Gasteiger charge is 2.23. The molecule has 0 bridgehead atoms. The average molecular weight is 443 g/mol. The molecule has 0 saturated carbocycles. The molecular weight excluding hydrogens is 419 g/mol. The van der Waals surface area contributed by atoms with Crippen LogP contribution in [0.1, 0.15) is 50.2 Å². The summed E-state index contributed by atoms with van der Waals surface area (Å²) in [5, 5.41) is 0.550. The van der Waals surface area contributed by atoms with E-state index < -0.39 is 11.8 Å². The van der Waals surface area contributed by atoms with Crippen molar-refractivity contribution in [3.63, 3.8) is 0 Å². The van der Waals surface area contributed by atoms with E-state index in [2.05, 4.69) is 4.98 Å². The van der Waals surface area contributed by atoms with Crippen LogP contribution in [0.25, 0.3) is 0 Å². The van der Waals surface area contributed by atoms with Gasteiger partial charge < -0.3 is 14.6 Å². The predicted molar refractivity (Wildman–Crippen MR) is 118 cm³/mol. The molecule has 3 aromatic rings. The number of carbonyl (C=O) groups is 2. The Labute approximate surface area is 185 Å². The standard InChI is InChI=1S/C24H24ClFN2O3/c1-4-31-24(30)22-15(2)20(16(3)27-22)14-28(13-18-7-5-6-8-21(18)25)23(29)17-9-11-19(26)12-10-17/h5-12,27H,4,13-14H2,1-3H3. The normalized spacial score (nSPS) is 10.7. The van der Waals surface area contributed by atoms with Gasteiger partial charge in [-0.15, -0.1) is 0 Å². The van der Waals surface area contributed by atoms with Crippen LogP contribution >= 0.6 is 11.6 Å². The molecular formula is C24H24ClFN2O3.